The monoisotopic (exact) mass is 984 g/mol. The number of nitrogens with zero attached hydrogens (tertiary/aromatic N) is 2. The molecule has 0 radical (unpaired) electrons. The molecule has 0 saturated heterocycles. The fourth-order valence-corrected chi connectivity index (χ4v) is 10.0. The predicted octanol–water partition coefficient (Wildman–Crippen LogP) is 16.8. The third-order valence-electron chi connectivity index (χ3n) is 13.7. The van der Waals surface area contributed by atoms with Crippen LogP contribution in [0.1, 0.15) is 44.5 Å². The zero-order valence-electron chi connectivity index (χ0n) is 42.3. The van der Waals surface area contributed by atoms with Gasteiger partial charge in [0, 0.05) is 56.1 Å². The molecule has 0 fully saturated rings. The lowest BCUT2D eigenvalue weighted by Crippen LogP contribution is -2.12. The molecule has 0 aliphatic heterocycles. The average Bonchev–Trinajstić information content (AvgIpc) is 3.63. The van der Waals surface area contributed by atoms with Crippen molar-refractivity contribution < 1.29 is 0 Å². The van der Waals surface area contributed by atoms with Crippen LogP contribution in [0.3, 0.4) is 0 Å². The van der Waals surface area contributed by atoms with Crippen molar-refractivity contribution >= 4 is 34.1 Å². The number of hydrogen-bond donors (Lipinski definition) is 0. The van der Waals surface area contributed by atoms with Gasteiger partial charge in [-0.05, 0) is 153 Å². The average molecular weight is 985 g/mol. The molecule has 0 unspecified atom stereocenters. The Hall–Kier alpha value is -11.7. The van der Waals surface area contributed by atoms with Crippen LogP contribution in [0, 0.1) is 98.8 Å². The Balaban J connectivity index is 1.04. The highest BCUT2D eigenvalue weighted by Crippen LogP contribution is 2.45. The maximum atomic E-state index is 6.54. The number of para-hydroxylation sites is 2. The fraction of sp³-hybridized carbons (Fsp3) is 0. The first-order valence-electron chi connectivity index (χ1n) is 24.8. The number of anilines is 6. The summed E-state index contributed by atoms with van der Waals surface area (Å²) in [4.78, 5) is 4.27. The van der Waals surface area contributed by atoms with E-state index in [0.717, 1.165) is 89.8 Å². The van der Waals surface area contributed by atoms with Gasteiger partial charge in [-0.15, -0.1) is 51.4 Å². The summed E-state index contributed by atoms with van der Waals surface area (Å²) in [5, 5.41) is 0. The SMILES string of the molecule is C#Cc1ccc(-c2cccc(-c3ccc(C#C)c(C#C)c3)c2-c2cccc(-c3ccc(N(c4ccccc4)c4ccc(-c5ccc(N(c6ccccc6)c6cccc(C#C)c6C#C)cc5)cc4)c(C#C)c3C#C)c2)cc1C#C. The first-order chi connectivity index (χ1) is 38.3. The molecular weight excluding hydrogens is 941 g/mol. The third kappa shape index (κ3) is 9.42. The summed E-state index contributed by atoms with van der Waals surface area (Å²) in [6, 6.07) is 73.0. The maximum absolute atomic E-state index is 6.54. The van der Waals surface area contributed by atoms with E-state index in [1.165, 1.54) is 0 Å². The summed E-state index contributed by atoms with van der Waals surface area (Å²) in [5.41, 5.74) is 19.4. The molecule has 0 heterocycles. The second-order valence-corrected chi connectivity index (χ2v) is 18.0. The molecule has 2 heteroatoms. The van der Waals surface area contributed by atoms with E-state index >= 15 is 0 Å². The zero-order chi connectivity index (χ0) is 54.1. The quantitative estimate of drug-likeness (QED) is 0.119. The summed E-state index contributed by atoms with van der Waals surface area (Å²) >= 11 is 0. The van der Waals surface area contributed by atoms with Gasteiger partial charge in [-0.25, -0.2) is 0 Å². The Morgan fingerprint density at radius 1 is 0.231 bits per heavy atom. The number of terminal acetylenes is 8. The molecule has 0 aliphatic rings. The van der Waals surface area contributed by atoms with Gasteiger partial charge in [-0.2, -0.15) is 0 Å². The largest absolute Gasteiger partial charge is 0.309 e. The molecule has 0 aromatic heterocycles. The lowest BCUT2D eigenvalue weighted by Gasteiger charge is -2.28. The molecule has 358 valence electrons. The van der Waals surface area contributed by atoms with Gasteiger partial charge in [0.15, 0.2) is 0 Å². The Bertz CT molecular complexity index is 4230. The van der Waals surface area contributed by atoms with Gasteiger partial charge >= 0.3 is 0 Å². The van der Waals surface area contributed by atoms with Gasteiger partial charge in [-0.3, -0.25) is 0 Å². The summed E-state index contributed by atoms with van der Waals surface area (Å²) in [5.74, 6) is 22.6. The molecule has 2 nitrogen and oxygen atoms in total. The van der Waals surface area contributed by atoms with E-state index in [1.54, 1.807) is 0 Å². The van der Waals surface area contributed by atoms with Gasteiger partial charge < -0.3 is 9.80 Å². The molecule has 0 N–H and O–H groups in total. The predicted molar refractivity (Wildman–Crippen MR) is 326 cm³/mol. The lowest BCUT2D eigenvalue weighted by molar-refractivity contribution is 1.27. The van der Waals surface area contributed by atoms with Gasteiger partial charge in [0.25, 0.3) is 0 Å². The van der Waals surface area contributed by atoms with Crippen molar-refractivity contribution in [1.82, 2.24) is 0 Å². The van der Waals surface area contributed by atoms with E-state index < -0.39 is 0 Å². The van der Waals surface area contributed by atoms with Crippen LogP contribution in [-0.2, 0) is 0 Å². The highest BCUT2D eigenvalue weighted by atomic mass is 15.1. The molecule has 10 aromatic carbocycles. The Morgan fingerprint density at radius 2 is 0.641 bits per heavy atom. The molecule has 0 aliphatic carbocycles. The van der Waals surface area contributed by atoms with E-state index in [-0.39, 0.29) is 0 Å². The van der Waals surface area contributed by atoms with Crippen molar-refractivity contribution in [3.8, 4) is 154 Å². The Kier molecular flexibility index (Phi) is 14.2. The van der Waals surface area contributed by atoms with E-state index in [4.69, 9.17) is 51.4 Å². The summed E-state index contributed by atoms with van der Waals surface area (Å²) in [6.07, 6.45) is 48.7. The molecule has 0 amide bonds. The molecule has 0 spiro atoms. The van der Waals surface area contributed by atoms with Crippen LogP contribution in [-0.4, -0.2) is 0 Å². The zero-order valence-corrected chi connectivity index (χ0v) is 42.3. The van der Waals surface area contributed by atoms with Gasteiger partial charge in [0.1, 0.15) is 0 Å². The van der Waals surface area contributed by atoms with Crippen LogP contribution in [0.4, 0.5) is 34.1 Å². The molecule has 0 bridgehead atoms. The second kappa shape index (κ2) is 22.2. The number of rotatable bonds is 11. The van der Waals surface area contributed by atoms with Crippen molar-refractivity contribution in [3.05, 3.63) is 263 Å². The summed E-state index contributed by atoms with van der Waals surface area (Å²) in [6.45, 7) is 0. The molecule has 0 saturated carbocycles. The first-order valence-corrected chi connectivity index (χ1v) is 24.8. The van der Waals surface area contributed by atoms with Crippen molar-refractivity contribution in [2.24, 2.45) is 0 Å². The molecule has 10 rings (SSSR count). The van der Waals surface area contributed by atoms with E-state index in [9.17, 15) is 0 Å². The highest BCUT2D eigenvalue weighted by molar-refractivity contribution is 5.97. The fourth-order valence-electron chi connectivity index (χ4n) is 10.0. The van der Waals surface area contributed by atoms with Crippen LogP contribution in [0.2, 0.25) is 0 Å². The smallest absolute Gasteiger partial charge is 0.0646 e. The van der Waals surface area contributed by atoms with Crippen molar-refractivity contribution in [2.75, 3.05) is 9.80 Å². The van der Waals surface area contributed by atoms with E-state index in [1.807, 2.05) is 133 Å². The van der Waals surface area contributed by atoms with Gasteiger partial charge in [0.05, 0.1) is 22.5 Å². The van der Waals surface area contributed by atoms with Gasteiger partial charge in [-0.1, -0.05) is 169 Å². The topological polar surface area (TPSA) is 6.48 Å². The van der Waals surface area contributed by atoms with Crippen LogP contribution in [0.25, 0.3) is 55.6 Å². The minimum atomic E-state index is 0.569. The maximum Gasteiger partial charge on any atom is 0.0646 e. The van der Waals surface area contributed by atoms with Crippen molar-refractivity contribution in [3.63, 3.8) is 0 Å². The lowest BCUT2D eigenvalue weighted by atomic mass is 9.85. The number of hydrogen-bond acceptors (Lipinski definition) is 2. The summed E-state index contributed by atoms with van der Waals surface area (Å²) in [7, 11) is 0. The Morgan fingerprint density at radius 3 is 1.12 bits per heavy atom. The minimum Gasteiger partial charge on any atom is -0.309 e. The normalized spacial score (nSPS) is 10.2. The van der Waals surface area contributed by atoms with E-state index in [0.29, 0.717) is 44.5 Å². The van der Waals surface area contributed by atoms with Crippen LogP contribution in [0.5, 0.6) is 0 Å². The molecule has 10 aromatic rings. The van der Waals surface area contributed by atoms with Crippen LogP contribution < -0.4 is 9.80 Å². The van der Waals surface area contributed by atoms with Crippen molar-refractivity contribution in [2.45, 2.75) is 0 Å². The highest BCUT2D eigenvalue weighted by Gasteiger charge is 2.23. The Labute approximate surface area is 458 Å². The minimum absolute atomic E-state index is 0.569. The molecular formula is C76H44N2. The standard InChI is InChI=1S/C76H44N2/c1-9-53-36-38-61(50-56(53)12-4)72-33-25-34-73(62-39-37-54(10-2)57(13-5)51-62)76(72)63-28-23-27-60(52-63)71-48-49-75(70(16-8)69(71)15-7)78(65-31-21-18-22-32-65)67-46-42-59(43-47-67)58-40-44-66(45-41-58)77(64-29-19-17-20-30-64)74-35-24-26-55(11-3)68(74)14-6/h1-8,17-52H. The van der Waals surface area contributed by atoms with E-state index in [2.05, 4.69) is 142 Å². The van der Waals surface area contributed by atoms with Crippen LogP contribution in [0.15, 0.2) is 218 Å². The van der Waals surface area contributed by atoms with Crippen molar-refractivity contribution in [1.29, 1.82) is 0 Å². The first kappa shape index (κ1) is 49.8. The molecule has 0 atom stereocenters. The summed E-state index contributed by atoms with van der Waals surface area (Å²) < 4.78 is 0. The van der Waals surface area contributed by atoms with Gasteiger partial charge in [0.2, 0.25) is 0 Å². The third-order valence-corrected chi connectivity index (χ3v) is 13.7. The number of benzene rings is 10. The molecule has 78 heavy (non-hydrogen) atoms. The van der Waals surface area contributed by atoms with Crippen LogP contribution >= 0.6 is 0 Å². The second-order valence-electron chi connectivity index (χ2n) is 18.0.